The zero-order valence-electron chi connectivity index (χ0n) is 15.8. The number of fused-ring (bicyclic) bond motifs is 1. The SMILES string of the molecule is COc1ccc(OCCn2c(-c3ccc(Cl)cc3)nc3ccccc3c2=O)cc1. The molecule has 146 valence electrons. The molecule has 0 aliphatic heterocycles. The summed E-state index contributed by atoms with van der Waals surface area (Å²) in [7, 11) is 1.62. The van der Waals surface area contributed by atoms with E-state index in [1.807, 2.05) is 54.6 Å². The maximum Gasteiger partial charge on any atom is 0.261 e. The highest BCUT2D eigenvalue weighted by Crippen LogP contribution is 2.22. The molecule has 0 atom stereocenters. The van der Waals surface area contributed by atoms with Crippen LogP contribution < -0.4 is 15.0 Å². The van der Waals surface area contributed by atoms with E-state index in [9.17, 15) is 4.79 Å². The first kappa shape index (κ1) is 19.0. The summed E-state index contributed by atoms with van der Waals surface area (Å²) in [5.74, 6) is 2.06. The molecule has 0 N–H and O–H groups in total. The van der Waals surface area contributed by atoms with Crippen LogP contribution in [0.3, 0.4) is 0 Å². The van der Waals surface area contributed by atoms with Gasteiger partial charge in [-0.15, -0.1) is 0 Å². The van der Waals surface area contributed by atoms with Gasteiger partial charge in [-0.25, -0.2) is 4.98 Å². The Kier molecular flexibility index (Phi) is 5.49. The Morgan fingerprint density at radius 2 is 1.62 bits per heavy atom. The molecule has 0 aliphatic rings. The number of nitrogens with zero attached hydrogens (tertiary/aromatic N) is 2. The molecule has 4 aromatic rings. The van der Waals surface area contributed by atoms with Crippen molar-refractivity contribution in [3.8, 4) is 22.9 Å². The van der Waals surface area contributed by atoms with Crippen LogP contribution in [0.1, 0.15) is 0 Å². The third-order valence-corrected chi connectivity index (χ3v) is 4.86. The van der Waals surface area contributed by atoms with Gasteiger partial charge in [-0.3, -0.25) is 9.36 Å². The van der Waals surface area contributed by atoms with Gasteiger partial charge >= 0.3 is 0 Å². The van der Waals surface area contributed by atoms with Gasteiger partial charge in [0.25, 0.3) is 5.56 Å². The summed E-state index contributed by atoms with van der Waals surface area (Å²) < 4.78 is 12.6. The lowest BCUT2D eigenvalue weighted by Gasteiger charge is -2.14. The molecule has 29 heavy (non-hydrogen) atoms. The van der Waals surface area contributed by atoms with Gasteiger partial charge in [-0.1, -0.05) is 23.7 Å². The summed E-state index contributed by atoms with van der Waals surface area (Å²) in [5, 5.41) is 1.21. The minimum Gasteiger partial charge on any atom is -0.497 e. The topological polar surface area (TPSA) is 53.4 Å². The maximum atomic E-state index is 13.1. The molecule has 0 saturated heterocycles. The fraction of sp³-hybridized carbons (Fsp3) is 0.130. The van der Waals surface area contributed by atoms with Gasteiger partial charge in [0.1, 0.15) is 23.9 Å². The number of ether oxygens (including phenoxy) is 2. The van der Waals surface area contributed by atoms with Crippen LogP contribution in [-0.4, -0.2) is 23.3 Å². The second kappa shape index (κ2) is 8.37. The number of para-hydroxylation sites is 1. The van der Waals surface area contributed by atoms with Gasteiger partial charge in [0.15, 0.2) is 0 Å². The summed E-state index contributed by atoms with van der Waals surface area (Å²) in [6.45, 7) is 0.688. The first-order chi connectivity index (χ1) is 14.2. The van der Waals surface area contributed by atoms with Crippen LogP contribution >= 0.6 is 11.6 Å². The van der Waals surface area contributed by atoms with Crippen LogP contribution in [-0.2, 0) is 6.54 Å². The van der Waals surface area contributed by atoms with Crippen molar-refractivity contribution < 1.29 is 9.47 Å². The molecule has 4 rings (SSSR count). The molecule has 0 saturated carbocycles. The van der Waals surface area contributed by atoms with E-state index in [0.717, 1.165) is 11.3 Å². The van der Waals surface area contributed by atoms with Crippen LogP contribution in [0, 0.1) is 0 Å². The fourth-order valence-electron chi connectivity index (χ4n) is 3.12. The van der Waals surface area contributed by atoms with Crippen molar-refractivity contribution in [3.05, 3.63) is 88.2 Å². The number of rotatable bonds is 6. The van der Waals surface area contributed by atoms with Crippen molar-refractivity contribution >= 4 is 22.5 Å². The van der Waals surface area contributed by atoms with Crippen LogP contribution in [0.15, 0.2) is 77.6 Å². The Morgan fingerprint density at radius 1 is 0.931 bits per heavy atom. The third kappa shape index (κ3) is 4.10. The van der Waals surface area contributed by atoms with E-state index in [2.05, 4.69) is 0 Å². The predicted octanol–water partition coefficient (Wildman–Crippen LogP) is 4.80. The average molecular weight is 407 g/mol. The molecular formula is C23H19ClN2O3. The second-order valence-electron chi connectivity index (χ2n) is 6.44. The Labute approximate surface area is 173 Å². The van der Waals surface area contributed by atoms with Crippen molar-refractivity contribution in [2.24, 2.45) is 0 Å². The van der Waals surface area contributed by atoms with Gasteiger partial charge in [0, 0.05) is 10.6 Å². The molecule has 6 heteroatoms. The number of halogens is 1. The fourth-order valence-corrected chi connectivity index (χ4v) is 3.25. The number of hydrogen-bond donors (Lipinski definition) is 0. The Balaban J connectivity index is 1.67. The first-order valence-electron chi connectivity index (χ1n) is 9.18. The lowest BCUT2D eigenvalue weighted by molar-refractivity contribution is 0.296. The van der Waals surface area contributed by atoms with Crippen molar-refractivity contribution in [2.75, 3.05) is 13.7 Å². The molecule has 0 fully saturated rings. The predicted molar refractivity (Wildman–Crippen MR) is 115 cm³/mol. The molecular weight excluding hydrogens is 388 g/mol. The number of hydrogen-bond acceptors (Lipinski definition) is 4. The minimum atomic E-state index is -0.0983. The van der Waals surface area contributed by atoms with Crippen molar-refractivity contribution in [2.45, 2.75) is 6.54 Å². The first-order valence-corrected chi connectivity index (χ1v) is 9.56. The van der Waals surface area contributed by atoms with Crippen molar-refractivity contribution in [1.82, 2.24) is 9.55 Å². The Bertz CT molecular complexity index is 1190. The van der Waals surface area contributed by atoms with E-state index >= 15 is 0 Å². The molecule has 0 amide bonds. The second-order valence-corrected chi connectivity index (χ2v) is 6.88. The lowest BCUT2D eigenvalue weighted by atomic mass is 10.2. The highest BCUT2D eigenvalue weighted by atomic mass is 35.5. The highest BCUT2D eigenvalue weighted by molar-refractivity contribution is 6.30. The average Bonchev–Trinajstić information content (AvgIpc) is 2.76. The van der Waals surface area contributed by atoms with E-state index in [1.165, 1.54) is 0 Å². The van der Waals surface area contributed by atoms with E-state index in [4.69, 9.17) is 26.1 Å². The highest BCUT2D eigenvalue weighted by Gasteiger charge is 2.13. The summed E-state index contributed by atoms with van der Waals surface area (Å²) in [6.07, 6.45) is 0. The molecule has 1 aromatic heterocycles. The summed E-state index contributed by atoms with van der Waals surface area (Å²) in [4.78, 5) is 17.9. The summed E-state index contributed by atoms with van der Waals surface area (Å²) >= 11 is 6.02. The quantitative estimate of drug-likeness (QED) is 0.461. The molecule has 0 bridgehead atoms. The van der Waals surface area contributed by atoms with Gasteiger partial charge in [-0.05, 0) is 60.7 Å². The van der Waals surface area contributed by atoms with Gasteiger partial charge in [0.2, 0.25) is 0 Å². The normalized spacial score (nSPS) is 10.8. The lowest BCUT2D eigenvalue weighted by Crippen LogP contribution is -2.26. The number of aromatic nitrogens is 2. The van der Waals surface area contributed by atoms with Crippen LogP contribution in [0.5, 0.6) is 11.5 Å². The zero-order chi connectivity index (χ0) is 20.2. The summed E-state index contributed by atoms with van der Waals surface area (Å²) in [6, 6.07) is 22.0. The smallest absolute Gasteiger partial charge is 0.261 e. The van der Waals surface area contributed by atoms with E-state index in [-0.39, 0.29) is 5.56 Å². The van der Waals surface area contributed by atoms with E-state index < -0.39 is 0 Å². The Hall–Kier alpha value is -3.31. The standard InChI is InChI=1S/C23H19ClN2O3/c1-28-18-10-12-19(13-11-18)29-15-14-26-22(16-6-8-17(24)9-7-16)25-21-5-3-2-4-20(21)23(26)27/h2-13H,14-15H2,1H3. The molecule has 3 aromatic carbocycles. The van der Waals surface area contributed by atoms with Gasteiger partial charge < -0.3 is 9.47 Å². The zero-order valence-corrected chi connectivity index (χ0v) is 16.6. The van der Waals surface area contributed by atoms with Crippen LogP contribution in [0.4, 0.5) is 0 Å². The molecule has 0 aliphatic carbocycles. The third-order valence-electron chi connectivity index (χ3n) is 4.61. The van der Waals surface area contributed by atoms with Crippen molar-refractivity contribution in [1.29, 1.82) is 0 Å². The molecule has 0 spiro atoms. The minimum absolute atomic E-state index is 0.0983. The van der Waals surface area contributed by atoms with E-state index in [1.54, 1.807) is 29.9 Å². The monoisotopic (exact) mass is 406 g/mol. The largest absolute Gasteiger partial charge is 0.497 e. The van der Waals surface area contributed by atoms with Crippen molar-refractivity contribution in [3.63, 3.8) is 0 Å². The number of methoxy groups -OCH3 is 1. The van der Waals surface area contributed by atoms with Crippen LogP contribution in [0.25, 0.3) is 22.3 Å². The van der Waals surface area contributed by atoms with Gasteiger partial charge in [-0.2, -0.15) is 0 Å². The molecule has 5 nitrogen and oxygen atoms in total. The van der Waals surface area contributed by atoms with Gasteiger partial charge in [0.05, 0.1) is 24.6 Å². The Morgan fingerprint density at radius 3 is 2.34 bits per heavy atom. The number of benzene rings is 3. The van der Waals surface area contributed by atoms with E-state index in [0.29, 0.717) is 40.7 Å². The molecule has 0 unspecified atom stereocenters. The molecule has 1 heterocycles. The molecule has 0 radical (unpaired) electrons. The van der Waals surface area contributed by atoms with Crippen LogP contribution in [0.2, 0.25) is 5.02 Å². The summed E-state index contributed by atoms with van der Waals surface area (Å²) in [5.41, 5.74) is 1.38. The maximum absolute atomic E-state index is 13.1.